The topological polar surface area (TPSA) is 34.1 Å². The minimum Gasteiger partial charge on any atom is -0.299 e. The van der Waals surface area contributed by atoms with Crippen LogP contribution in [-0.4, -0.2) is 11.6 Å². The molecule has 4 heteroatoms. The maximum absolute atomic E-state index is 13.1. The van der Waals surface area contributed by atoms with Crippen molar-refractivity contribution in [3.63, 3.8) is 0 Å². The van der Waals surface area contributed by atoms with Crippen molar-refractivity contribution in [2.75, 3.05) is 0 Å². The Morgan fingerprint density at radius 1 is 1.07 bits per heavy atom. The standard InChI is InChI=1S/C23H24BrClO2/c24-21-12-6-5-11-19(21)23(27)15-20(16-8-7-9-17(25)14-16)18-10-3-1-2-4-13-22(18)26/h5-9,11-12,14,18,20H,1-4,10,13,15H2/t18-,20-/m0/s1. The molecule has 2 aromatic carbocycles. The molecule has 0 aromatic heterocycles. The van der Waals surface area contributed by atoms with Crippen LogP contribution < -0.4 is 0 Å². The molecule has 0 heterocycles. The van der Waals surface area contributed by atoms with E-state index in [1.165, 1.54) is 0 Å². The van der Waals surface area contributed by atoms with Gasteiger partial charge < -0.3 is 0 Å². The first-order chi connectivity index (χ1) is 13.1. The molecular formula is C23H24BrClO2. The summed E-state index contributed by atoms with van der Waals surface area (Å²) in [6, 6.07) is 15.1. The normalized spacial score (nSPS) is 19.2. The van der Waals surface area contributed by atoms with Gasteiger partial charge in [-0.05, 0) is 36.6 Å². The fourth-order valence-electron chi connectivity index (χ4n) is 4.02. The van der Waals surface area contributed by atoms with E-state index in [9.17, 15) is 9.59 Å². The molecule has 1 aliphatic carbocycles. The van der Waals surface area contributed by atoms with E-state index in [1.54, 1.807) is 0 Å². The van der Waals surface area contributed by atoms with Crippen LogP contribution in [-0.2, 0) is 4.79 Å². The van der Waals surface area contributed by atoms with Crippen LogP contribution >= 0.6 is 27.5 Å². The van der Waals surface area contributed by atoms with Gasteiger partial charge >= 0.3 is 0 Å². The predicted molar refractivity (Wildman–Crippen MR) is 113 cm³/mol. The van der Waals surface area contributed by atoms with E-state index in [4.69, 9.17) is 11.6 Å². The molecule has 0 radical (unpaired) electrons. The van der Waals surface area contributed by atoms with Crippen molar-refractivity contribution in [2.45, 2.75) is 50.9 Å². The molecular weight excluding hydrogens is 424 g/mol. The number of halogens is 2. The first-order valence-corrected chi connectivity index (χ1v) is 10.8. The molecule has 0 amide bonds. The molecule has 0 N–H and O–H groups in total. The van der Waals surface area contributed by atoms with Crippen LogP contribution in [0.4, 0.5) is 0 Å². The SMILES string of the molecule is O=C(C[C@@H](c1cccc(Cl)c1)[C@@H]1CCCCCCC1=O)c1ccccc1Br. The average molecular weight is 448 g/mol. The fraction of sp³-hybridized carbons (Fsp3) is 0.391. The van der Waals surface area contributed by atoms with Gasteiger partial charge in [-0.2, -0.15) is 0 Å². The van der Waals surface area contributed by atoms with Gasteiger partial charge in [0.1, 0.15) is 5.78 Å². The number of hydrogen-bond donors (Lipinski definition) is 0. The second kappa shape index (κ2) is 9.66. The van der Waals surface area contributed by atoms with E-state index in [1.807, 2.05) is 48.5 Å². The summed E-state index contributed by atoms with van der Waals surface area (Å²) in [6.07, 6.45) is 6.05. The Morgan fingerprint density at radius 2 is 1.85 bits per heavy atom. The van der Waals surface area contributed by atoms with Crippen LogP contribution in [0.1, 0.15) is 66.8 Å². The van der Waals surface area contributed by atoms with Crippen molar-refractivity contribution < 1.29 is 9.59 Å². The zero-order valence-corrected chi connectivity index (χ0v) is 17.6. The lowest BCUT2D eigenvalue weighted by molar-refractivity contribution is -0.124. The number of rotatable bonds is 5. The Balaban J connectivity index is 1.93. The zero-order chi connectivity index (χ0) is 19.2. The average Bonchev–Trinajstić information content (AvgIpc) is 2.64. The Bertz CT molecular complexity index is 818. The van der Waals surface area contributed by atoms with E-state index in [0.29, 0.717) is 29.2 Å². The quantitative estimate of drug-likeness (QED) is 0.462. The molecule has 1 saturated carbocycles. The summed E-state index contributed by atoms with van der Waals surface area (Å²) in [5.41, 5.74) is 1.66. The summed E-state index contributed by atoms with van der Waals surface area (Å²) in [5, 5.41) is 0.643. The summed E-state index contributed by atoms with van der Waals surface area (Å²) < 4.78 is 0.795. The molecule has 0 aliphatic heterocycles. The molecule has 0 unspecified atom stereocenters. The van der Waals surface area contributed by atoms with E-state index < -0.39 is 0 Å². The highest BCUT2D eigenvalue weighted by molar-refractivity contribution is 9.10. The van der Waals surface area contributed by atoms with Crippen molar-refractivity contribution in [3.8, 4) is 0 Å². The number of Topliss-reactive ketones (excluding diaryl/α,β-unsaturated/α-hetero) is 2. The van der Waals surface area contributed by atoms with Crippen LogP contribution in [0, 0.1) is 5.92 Å². The number of benzene rings is 2. The van der Waals surface area contributed by atoms with Crippen LogP contribution in [0.2, 0.25) is 5.02 Å². The van der Waals surface area contributed by atoms with Crippen molar-refractivity contribution in [1.82, 2.24) is 0 Å². The minimum atomic E-state index is -0.131. The van der Waals surface area contributed by atoms with E-state index >= 15 is 0 Å². The molecule has 0 spiro atoms. The Hall–Kier alpha value is -1.45. The summed E-state index contributed by atoms with van der Waals surface area (Å²) in [5.74, 6) is 0.103. The van der Waals surface area contributed by atoms with Gasteiger partial charge in [-0.3, -0.25) is 9.59 Å². The van der Waals surface area contributed by atoms with Crippen LogP contribution in [0.3, 0.4) is 0 Å². The van der Waals surface area contributed by atoms with Crippen LogP contribution in [0.25, 0.3) is 0 Å². The zero-order valence-electron chi connectivity index (χ0n) is 15.3. The Labute approximate surface area is 174 Å². The van der Waals surface area contributed by atoms with Crippen molar-refractivity contribution in [3.05, 3.63) is 69.2 Å². The van der Waals surface area contributed by atoms with Crippen LogP contribution in [0.15, 0.2) is 53.0 Å². The lowest BCUT2D eigenvalue weighted by Crippen LogP contribution is -2.26. The van der Waals surface area contributed by atoms with Gasteiger partial charge in [0.15, 0.2) is 5.78 Å². The first-order valence-electron chi connectivity index (χ1n) is 9.62. The highest BCUT2D eigenvalue weighted by atomic mass is 79.9. The predicted octanol–water partition coefficient (Wildman–Crippen LogP) is 7.00. The summed E-state index contributed by atoms with van der Waals surface area (Å²) in [7, 11) is 0. The number of carbonyl (C=O) groups is 2. The van der Waals surface area contributed by atoms with Crippen LogP contribution in [0.5, 0.6) is 0 Å². The van der Waals surface area contributed by atoms with Crippen molar-refractivity contribution >= 4 is 39.1 Å². The van der Waals surface area contributed by atoms with E-state index in [-0.39, 0.29) is 17.6 Å². The lowest BCUT2D eigenvalue weighted by atomic mass is 9.75. The Kier molecular flexibility index (Phi) is 7.26. The summed E-state index contributed by atoms with van der Waals surface area (Å²) in [4.78, 5) is 26.0. The monoisotopic (exact) mass is 446 g/mol. The van der Waals surface area contributed by atoms with Gasteiger partial charge in [0.2, 0.25) is 0 Å². The molecule has 27 heavy (non-hydrogen) atoms. The summed E-state index contributed by atoms with van der Waals surface area (Å²) in [6.45, 7) is 0. The van der Waals surface area contributed by atoms with Crippen molar-refractivity contribution in [1.29, 1.82) is 0 Å². The van der Waals surface area contributed by atoms with Gasteiger partial charge in [0.25, 0.3) is 0 Å². The smallest absolute Gasteiger partial charge is 0.164 e. The van der Waals surface area contributed by atoms with Gasteiger partial charge in [0, 0.05) is 39.7 Å². The van der Waals surface area contributed by atoms with Gasteiger partial charge in [-0.25, -0.2) is 0 Å². The second-order valence-electron chi connectivity index (χ2n) is 7.29. The summed E-state index contributed by atoms with van der Waals surface area (Å²) >= 11 is 9.70. The molecule has 2 aromatic rings. The van der Waals surface area contributed by atoms with Gasteiger partial charge in [-0.15, -0.1) is 0 Å². The molecule has 0 bridgehead atoms. The highest BCUT2D eigenvalue weighted by Crippen LogP contribution is 2.37. The third-order valence-electron chi connectivity index (χ3n) is 5.44. The highest BCUT2D eigenvalue weighted by Gasteiger charge is 2.32. The molecule has 2 atom stereocenters. The van der Waals surface area contributed by atoms with E-state index in [0.717, 1.165) is 42.1 Å². The largest absolute Gasteiger partial charge is 0.299 e. The molecule has 1 fully saturated rings. The molecule has 2 nitrogen and oxygen atoms in total. The third kappa shape index (κ3) is 5.30. The number of ketones is 2. The van der Waals surface area contributed by atoms with Gasteiger partial charge in [-0.1, -0.05) is 77.1 Å². The molecule has 3 rings (SSSR count). The number of carbonyl (C=O) groups excluding carboxylic acids is 2. The fourth-order valence-corrected chi connectivity index (χ4v) is 4.72. The Morgan fingerprint density at radius 3 is 2.63 bits per heavy atom. The molecule has 0 saturated heterocycles. The lowest BCUT2D eigenvalue weighted by Gasteiger charge is -2.28. The molecule has 1 aliphatic rings. The second-order valence-corrected chi connectivity index (χ2v) is 8.59. The third-order valence-corrected chi connectivity index (χ3v) is 6.37. The maximum atomic E-state index is 13.1. The molecule has 142 valence electrons. The first kappa shape index (κ1) is 20.3. The minimum absolute atomic E-state index is 0.0577. The van der Waals surface area contributed by atoms with E-state index in [2.05, 4.69) is 15.9 Å². The van der Waals surface area contributed by atoms with Crippen molar-refractivity contribution in [2.24, 2.45) is 5.92 Å². The van der Waals surface area contributed by atoms with Gasteiger partial charge in [0.05, 0.1) is 0 Å². The number of hydrogen-bond acceptors (Lipinski definition) is 2. The maximum Gasteiger partial charge on any atom is 0.164 e.